The highest BCUT2D eigenvalue weighted by Crippen LogP contribution is 2.03. The zero-order valence-electron chi connectivity index (χ0n) is 6.79. The molecule has 2 N–H and O–H groups in total. The largest absolute Gasteiger partial charge is 0.450 e. The van der Waals surface area contributed by atoms with Gasteiger partial charge in [-0.25, -0.2) is 0 Å². The van der Waals surface area contributed by atoms with Gasteiger partial charge in [-0.05, 0) is 6.92 Å². The lowest BCUT2D eigenvalue weighted by molar-refractivity contribution is -0.149. The van der Waals surface area contributed by atoms with Crippen LogP contribution >= 0.6 is 0 Å². The zero-order valence-corrected chi connectivity index (χ0v) is 6.79. The van der Waals surface area contributed by atoms with Crippen LogP contribution in [-0.4, -0.2) is 18.5 Å². The van der Waals surface area contributed by atoms with Crippen LogP contribution in [0.15, 0.2) is 0 Å². The molecule has 0 aromatic rings. The first-order valence-corrected chi connectivity index (χ1v) is 3.44. The van der Waals surface area contributed by atoms with Gasteiger partial charge in [-0.2, -0.15) is 0 Å². The fourth-order valence-corrected chi connectivity index (χ4v) is 0.739. The van der Waals surface area contributed by atoms with Gasteiger partial charge >= 0.3 is 5.97 Å². The molecule has 0 saturated carbocycles. The normalized spacial score (nSPS) is 12.3. The van der Waals surface area contributed by atoms with Crippen LogP contribution in [0.5, 0.6) is 0 Å². The van der Waals surface area contributed by atoms with Crippen LogP contribution in [0.2, 0.25) is 0 Å². The molecule has 0 rings (SSSR count). The molecule has 0 bridgehead atoms. The van der Waals surface area contributed by atoms with E-state index in [9.17, 15) is 9.59 Å². The summed E-state index contributed by atoms with van der Waals surface area (Å²) in [6.45, 7) is 2.95. The number of esters is 1. The number of hydrogen-bond donors (Lipinski definition) is 1. The lowest BCUT2D eigenvalue weighted by atomic mass is 10.1. The van der Waals surface area contributed by atoms with Gasteiger partial charge < -0.3 is 9.53 Å². The molecule has 11 heavy (non-hydrogen) atoms. The average molecular weight is 159 g/mol. The number of rotatable bonds is 4. The quantitative estimate of drug-likeness (QED) is 0.465. The highest BCUT2D eigenvalue weighted by Gasteiger charge is 2.15. The minimum absolute atomic E-state index is 0.0218. The summed E-state index contributed by atoms with van der Waals surface area (Å²) in [7, 11) is 0. The van der Waals surface area contributed by atoms with Crippen molar-refractivity contribution in [1.82, 2.24) is 0 Å². The van der Waals surface area contributed by atoms with E-state index in [-0.39, 0.29) is 24.9 Å². The van der Waals surface area contributed by atoms with E-state index in [0.717, 1.165) is 0 Å². The Morgan fingerprint density at radius 1 is 1.55 bits per heavy atom. The van der Waals surface area contributed by atoms with Crippen LogP contribution in [0.1, 0.15) is 20.3 Å². The molecule has 1 unspecified atom stereocenters. The molecule has 0 aliphatic heterocycles. The fraction of sp³-hybridized carbons (Fsp3) is 0.714. The summed E-state index contributed by atoms with van der Waals surface area (Å²) >= 11 is 0. The van der Waals surface area contributed by atoms with Crippen LogP contribution < -0.4 is 5.73 Å². The molecule has 0 amide bonds. The van der Waals surface area contributed by atoms with Crippen LogP contribution in [0, 0.1) is 5.92 Å². The number of hydrogen-bond acceptors (Lipinski definition) is 4. The Morgan fingerprint density at radius 2 is 2.09 bits per heavy atom. The molecule has 0 heterocycles. The molecule has 1 atom stereocenters. The van der Waals surface area contributed by atoms with Crippen LogP contribution in [-0.2, 0) is 14.3 Å². The standard InChI is InChI=1S/C7H13NO3/c1-5(3-6(2)9)7(10)11-4-8/h5H,3-4,8H2,1-2H3. The first-order chi connectivity index (χ1) is 5.07. The Labute approximate surface area is 65.7 Å². The maximum Gasteiger partial charge on any atom is 0.310 e. The second-order valence-corrected chi connectivity index (χ2v) is 2.44. The van der Waals surface area contributed by atoms with Crippen molar-refractivity contribution >= 4 is 11.8 Å². The van der Waals surface area contributed by atoms with Gasteiger partial charge in [0.15, 0.2) is 0 Å². The van der Waals surface area contributed by atoms with E-state index in [1.807, 2.05) is 0 Å². The number of ether oxygens (including phenoxy) is 1. The third kappa shape index (κ3) is 4.50. The Kier molecular flexibility index (Phi) is 4.45. The van der Waals surface area contributed by atoms with Gasteiger partial charge in [-0.3, -0.25) is 10.5 Å². The topological polar surface area (TPSA) is 69.4 Å². The molecule has 0 radical (unpaired) electrons. The monoisotopic (exact) mass is 159 g/mol. The predicted molar refractivity (Wildman–Crippen MR) is 39.6 cm³/mol. The Morgan fingerprint density at radius 3 is 2.45 bits per heavy atom. The van der Waals surface area contributed by atoms with Gasteiger partial charge in [0.25, 0.3) is 0 Å². The highest BCUT2D eigenvalue weighted by atomic mass is 16.5. The van der Waals surface area contributed by atoms with Gasteiger partial charge in [-0.1, -0.05) is 6.92 Å². The maximum atomic E-state index is 10.8. The SMILES string of the molecule is CC(=O)CC(C)C(=O)OCN. The molecule has 0 aromatic carbocycles. The maximum absolute atomic E-state index is 10.8. The van der Waals surface area contributed by atoms with E-state index in [2.05, 4.69) is 4.74 Å². The summed E-state index contributed by atoms with van der Waals surface area (Å²) in [6.07, 6.45) is 0.221. The van der Waals surface area contributed by atoms with Crippen molar-refractivity contribution in [2.24, 2.45) is 11.7 Å². The molecular formula is C7H13NO3. The molecular weight excluding hydrogens is 146 g/mol. The lowest BCUT2D eigenvalue weighted by Gasteiger charge is -2.06. The average Bonchev–Trinajstić information content (AvgIpc) is 1.86. The van der Waals surface area contributed by atoms with Crippen molar-refractivity contribution in [1.29, 1.82) is 0 Å². The molecule has 0 aliphatic carbocycles. The van der Waals surface area contributed by atoms with Gasteiger partial charge in [0.05, 0.1) is 5.92 Å². The van der Waals surface area contributed by atoms with Gasteiger partial charge in [0.2, 0.25) is 0 Å². The van der Waals surface area contributed by atoms with Crippen LogP contribution in [0.4, 0.5) is 0 Å². The number of Topliss-reactive ketones (excluding diaryl/α,β-unsaturated/α-hetero) is 1. The van der Waals surface area contributed by atoms with Gasteiger partial charge in [0.1, 0.15) is 12.5 Å². The summed E-state index contributed by atoms with van der Waals surface area (Å²) in [5.74, 6) is -0.815. The second kappa shape index (κ2) is 4.85. The summed E-state index contributed by atoms with van der Waals surface area (Å²) in [5, 5.41) is 0. The van der Waals surface area contributed by atoms with E-state index in [4.69, 9.17) is 5.73 Å². The number of carbonyl (C=O) groups excluding carboxylic acids is 2. The molecule has 0 aliphatic rings. The van der Waals surface area contributed by atoms with E-state index >= 15 is 0 Å². The summed E-state index contributed by atoms with van der Waals surface area (Å²) in [5.41, 5.74) is 4.97. The van der Waals surface area contributed by atoms with E-state index in [1.54, 1.807) is 6.92 Å². The predicted octanol–water partition coefficient (Wildman–Crippen LogP) is 0.0610. The number of ketones is 1. The van der Waals surface area contributed by atoms with Crippen molar-refractivity contribution in [3.05, 3.63) is 0 Å². The molecule has 4 heteroatoms. The molecule has 0 aromatic heterocycles. The first-order valence-electron chi connectivity index (χ1n) is 3.44. The van der Waals surface area contributed by atoms with E-state index in [1.165, 1.54) is 6.92 Å². The van der Waals surface area contributed by atoms with E-state index < -0.39 is 5.97 Å². The Hall–Kier alpha value is -0.900. The highest BCUT2D eigenvalue weighted by molar-refractivity contribution is 5.82. The molecule has 0 spiro atoms. The van der Waals surface area contributed by atoms with Crippen LogP contribution in [0.3, 0.4) is 0 Å². The summed E-state index contributed by atoms with van der Waals surface area (Å²) in [6, 6.07) is 0. The minimum atomic E-state index is -0.414. The van der Waals surface area contributed by atoms with Crippen molar-refractivity contribution < 1.29 is 14.3 Å². The second-order valence-electron chi connectivity index (χ2n) is 2.44. The van der Waals surface area contributed by atoms with Crippen molar-refractivity contribution in [2.75, 3.05) is 6.73 Å². The van der Waals surface area contributed by atoms with Gasteiger partial charge in [-0.15, -0.1) is 0 Å². The van der Waals surface area contributed by atoms with Crippen molar-refractivity contribution in [3.8, 4) is 0 Å². The number of carbonyl (C=O) groups is 2. The van der Waals surface area contributed by atoms with E-state index in [0.29, 0.717) is 0 Å². The third-order valence-corrected chi connectivity index (χ3v) is 1.22. The smallest absolute Gasteiger partial charge is 0.310 e. The fourth-order valence-electron chi connectivity index (χ4n) is 0.739. The van der Waals surface area contributed by atoms with Crippen molar-refractivity contribution in [3.63, 3.8) is 0 Å². The number of nitrogens with two attached hydrogens (primary N) is 1. The first kappa shape index (κ1) is 10.1. The molecule has 0 fully saturated rings. The van der Waals surface area contributed by atoms with Crippen molar-refractivity contribution in [2.45, 2.75) is 20.3 Å². The lowest BCUT2D eigenvalue weighted by Crippen LogP contribution is -2.20. The Bertz CT molecular complexity index is 156. The molecule has 4 nitrogen and oxygen atoms in total. The summed E-state index contributed by atoms with van der Waals surface area (Å²) in [4.78, 5) is 21.3. The molecule has 64 valence electrons. The van der Waals surface area contributed by atoms with Crippen LogP contribution in [0.25, 0.3) is 0 Å². The molecule has 0 saturated heterocycles. The summed E-state index contributed by atoms with van der Waals surface area (Å²) < 4.78 is 4.49. The van der Waals surface area contributed by atoms with Gasteiger partial charge in [0, 0.05) is 6.42 Å². The zero-order chi connectivity index (χ0) is 8.85. The Balaban J connectivity index is 3.73. The minimum Gasteiger partial charge on any atom is -0.450 e. The third-order valence-electron chi connectivity index (χ3n) is 1.22.